The molecular weight excluding hydrogens is 272 g/mol. The highest BCUT2D eigenvalue weighted by Gasteiger charge is 2.08. The molecule has 0 fully saturated rings. The molecule has 0 bridgehead atoms. The molecule has 0 aliphatic carbocycles. The van der Waals surface area contributed by atoms with Gasteiger partial charge in [-0.15, -0.1) is 11.3 Å². The molecule has 2 aromatic rings. The van der Waals surface area contributed by atoms with Crippen LogP contribution in [0.25, 0.3) is 0 Å². The summed E-state index contributed by atoms with van der Waals surface area (Å²) in [4.78, 5) is 21.5. The van der Waals surface area contributed by atoms with Crippen molar-refractivity contribution in [3.05, 3.63) is 40.0 Å². The molecule has 2 aromatic heterocycles. The Kier molecular flexibility index (Phi) is 5.06. The summed E-state index contributed by atoms with van der Waals surface area (Å²) in [5, 5.41) is 6.07. The van der Waals surface area contributed by atoms with Crippen LogP contribution in [0.3, 0.4) is 0 Å². The highest BCUT2D eigenvalue weighted by Crippen LogP contribution is 2.12. The number of nitrogens with zero attached hydrogens (tertiary/aromatic N) is 2. The number of thiazole rings is 1. The van der Waals surface area contributed by atoms with Gasteiger partial charge in [0.25, 0.3) is 5.91 Å². The van der Waals surface area contributed by atoms with E-state index in [2.05, 4.69) is 27.5 Å². The summed E-state index contributed by atoms with van der Waals surface area (Å²) in [6.45, 7) is 5.38. The molecule has 2 N–H and O–H groups in total. The average Bonchev–Trinajstić information content (AvgIpc) is 2.88. The minimum atomic E-state index is -0.0975. The second-order valence-electron chi connectivity index (χ2n) is 4.40. The molecular formula is C14H18N4OS. The van der Waals surface area contributed by atoms with Gasteiger partial charge in [-0.3, -0.25) is 4.79 Å². The van der Waals surface area contributed by atoms with Gasteiger partial charge in [-0.05, 0) is 25.5 Å². The van der Waals surface area contributed by atoms with Crippen molar-refractivity contribution < 1.29 is 4.79 Å². The third-order valence-electron chi connectivity index (χ3n) is 2.83. The zero-order chi connectivity index (χ0) is 14.4. The Balaban J connectivity index is 1.96. The number of aromatic nitrogens is 2. The monoisotopic (exact) mass is 290 g/mol. The van der Waals surface area contributed by atoms with Gasteiger partial charge < -0.3 is 10.6 Å². The number of anilines is 1. The smallest absolute Gasteiger partial charge is 0.251 e. The van der Waals surface area contributed by atoms with Gasteiger partial charge in [0.1, 0.15) is 5.82 Å². The first-order valence-corrected chi connectivity index (χ1v) is 7.45. The van der Waals surface area contributed by atoms with Crippen molar-refractivity contribution in [3.8, 4) is 0 Å². The number of pyridine rings is 1. The summed E-state index contributed by atoms with van der Waals surface area (Å²) in [7, 11) is 0. The normalized spacial score (nSPS) is 10.3. The molecule has 0 saturated heterocycles. The molecule has 0 aromatic carbocycles. The van der Waals surface area contributed by atoms with Gasteiger partial charge in [-0.25, -0.2) is 9.97 Å². The van der Waals surface area contributed by atoms with Crippen LogP contribution in [-0.2, 0) is 6.54 Å². The van der Waals surface area contributed by atoms with E-state index in [4.69, 9.17) is 0 Å². The Morgan fingerprint density at radius 3 is 2.95 bits per heavy atom. The number of aryl methyl sites for hydroxylation is 1. The van der Waals surface area contributed by atoms with Crippen molar-refractivity contribution in [2.45, 2.75) is 26.8 Å². The van der Waals surface area contributed by atoms with E-state index in [0.717, 1.165) is 29.4 Å². The molecule has 20 heavy (non-hydrogen) atoms. The van der Waals surface area contributed by atoms with E-state index in [1.54, 1.807) is 35.2 Å². The fourth-order valence-corrected chi connectivity index (χ4v) is 2.40. The molecule has 6 heteroatoms. The van der Waals surface area contributed by atoms with Crippen LogP contribution in [-0.4, -0.2) is 22.4 Å². The quantitative estimate of drug-likeness (QED) is 0.858. The van der Waals surface area contributed by atoms with Crippen LogP contribution < -0.4 is 10.6 Å². The summed E-state index contributed by atoms with van der Waals surface area (Å²) in [6.07, 6.45) is 2.66. The zero-order valence-electron chi connectivity index (χ0n) is 11.6. The highest BCUT2D eigenvalue weighted by atomic mass is 32.1. The molecule has 2 heterocycles. The maximum absolute atomic E-state index is 12.1. The number of hydrogen-bond donors (Lipinski definition) is 2. The number of carbonyl (C=O) groups excluding carboxylic acids is 1. The first kappa shape index (κ1) is 14.5. The van der Waals surface area contributed by atoms with E-state index in [9.17, 15) is 4.79 Å². The summed E-state index contributed by atoms with van der Waals surface area (Å²) in [6, 6.07) is 3.48. The van der Waals surface area contributed by atoms with Crippen LogP contribution in [0.1, 0.15) is 34.3 Å². The number of amides is 1. The SMILES string of the molecule is CCCNc1cc(C(=O)NCc2scnc2C)ccn1. The zero-order valence-corrected chi connectivity index (χ0v) is 12.5. The Morgan fingerprint density at radius 2 is 2.25 bits per heavy atom. The third kappa shape index (κ3) is 3.77. The van der Waals surface area contributed by atoms with Gasteiger partial charge in [0.2, 0.25) is 0 Å². The molecule has 0 radical (unpaired) electrons. The van der Waals surface area contributed by atoms with E-state index in [-0.39, 0.29) is 5.91 Å². The van der Waals surface area contributed by atoms with E-state index < -0.39 is 0 Å². The van der Waals surface area contributed by atoms with Gasteiger partial charge >= 0.3 is 0 Å². The maximum atomic E-state index is 12.1. The molecule has 0 aliphatic rings. The molecule has 0 aliphatic heterocycles. The Labute approximate surface area is 122 Å². The van der Waals surface area contributed by atoms with Gasteiger partial charge in [-0.2, -0.15) is 0 Å². The van der Waals surface area contributed by atoms with E-state index in [1.165, 1.54) is 0 Å². The maximum Gasteiger partial charge on any atom is 0.251 e. The van der Waals surface area contributed by atoms with Gasteiger partial charge in [0.15, 0.2) is 0 Å². The Morgan fingerprint density at radius 1 is 1.40 bits per heavy atom. The molecule has 106 valence electrons. The Bertz CT molecular complexity index is 582. The fourth-order valence-electron chi connectivity index (χ4n) is 1.68. The molecule has 5 nitrogen and oxygen atoms in total. The van der Waals surface area contributed by atoms with Gasteiger partial charge in [0.05, 0.1) is 17.7 Å². The van der Waals surface area contributed by atoms with Crippen LogP contribution >= 0.6 is 11.3 Å². The van der Waals surface area contributed by atoms with Crippen LogP contribution in [0.5, 0.6) is 0 Å². The van der Waals surface area contributed by atoms with Crippen molar-refractivity contribution in [3.63, 3.8) is 0 Å². The van der Waals surface area contributed by atoms with Gasteiger partial charge in [0, 0.05) is 23.2 Å². The minimum absolute atomic E-state index is 0.0975. The first-order valence-electron chi connectivity index (χ1n) is 6.57. The lowest BCUT2D eigenvalue weighted by Crippen LogP contribution is -2.23. The topological polar surface area (TPSA) is 66.9 Å². The molecule has 0 atom stereocenters. The van der Waals surface area contributed by atoms with E-state index in [0.29, 0.717) is 12.1 Å². The van der Waals surface area contributed by atoms with Crippen LogP contribution in [0.4, 0.5) is 5.82 Å². The van der Waals surface area contributed by atoms with E-state index >= 15 is 0 Å². The third-order valence-corrected chi connectivity index (χ3v) is 3.77. The standard InChI is InChI=1S/C14H18N4OS/c1-3-5-15-13-7-11(4-6-16-13)14(19)17-8-12-10(2)18-9-20-12/h4,6-7,9H,3,5,8H2,1-2H3,(H,15,16)(H,17,19). The first-order chi connectivity index (χ1) is 9.70. The lowest BCUT2D eigenvalue weighted by atomic mass is 10.2. The summed E-state index contributed by atoms with van der Waals surface area (Å²) in [5.41, 5.74) is 3.37. The fraction of sp³-hybridized carbons (Fsp3) is 0.357. The average molecular weight is 290 g/mol. The molecule has 0 unspecified atom stereocenters. The molecule has 2 rings (SSSR count). The largest absolute Gasteiger partial charge is 0.370 e. The number of rotatable bonds is 6. The van der Waals surface area contributed by atoms with Gasteiger partial charge in [-0.1, -0.05) is 6.92 Å². The van der Waals surface area contributed by atoms with Crippen molar-refractivity contribution in [2.24, 2.45) is 0 Å². The predicted molar refractivity (Wildman–Crippen MR) is 81.0 cm³/mol. The Hall–Kier alpha value is -1.95. The molecule has 0 spiro atoms. The predicted octanol–water partition coefficient (Wildman–Crippen LogP) is 2.60. The van der Waals surface area contributed by atoms with Crippen molar-refractivity contribution in [2.75, 3.05) is 11.9 Å². The molecule has 0 saturated carbocycles. The van der Waals surface area contributed by atoms with E-state index in [1.807, 2.05) is 6.92 Å². The van der Waals surface area contributed by atoms with Crippen molar-refractivity contribution in [1.82, 2.24) is 15.3 Å². The number of nitrogens with one attached hydrogen (secondary N) is 2. The number of carbonyl (C=O) groups is 1. The summed E-state index contributed by atoms with van der Waals surface area (Å²) >= 11 is 1.55. The van der Waals surface area contributed by atoms with Crippen LogP contribution in [0.15, 0.2) is 23.8 Å². The second-order valence-corrected chi connectivity index (χ2v) is 5.34. The highest BCUT2D eigenvalue weighted by molar-refractivity contribution is 7.09. The second kappa shape index (κ2) is 7.00. The minimum Gasteiger partial charge on any atom is -0.370 e. The lowest BCUT2D eigenvalue weighted by molar-refractivity contribution is 0.0951. The number of hydrogen-bond acceptors (Lipinski definition) is 5. The molecule has 1 amide bonds. The summed E-state index contributed by atoms with van der Waals surface area (Å²) < 4.78 is 0. The van der Waals surface area contributed by atoms with Crippen LogP contribution in [0.2, 0.25) is 0 Å². The summed E-state index contributed by atoms with van der Waals surface area (Å²) in [5.74, 6) is 0.633. The van der Waals surface area contributed by atoms with Crippen LogP contribution in [0, 0.1) is 6.92 Å². The van der Waals surface area contributed by atoms with Crippen molar-refractivity contribution >= 4 is 23.1 Å². The van der Waals surface area contributed by atoms with Crippen molar-refractivity contribution in [1.29, 1.82) is 0 Å². The lowest BCUT2D eigenvalue weighted by Gasteiger charge is -2.07.